The maximum atomic E-state index is 11.6. The minimum Gasteiger partial charge on any atom is -0.354 e. The molecule has 1 aromatic heterocycles. The van der Waals surface area contributed by atoms with Crippen LogP contribution in [-0.2, 0) is 17.8 Å². The first-order chi connectivity index (χ1) is 10.6. The van der Waals surface area contributed by atoms with Crippen molar-refractivity contribution in [2.24, 2.45) is 11.8 Å². The summed E-state index contributed by atoms with van der Waals surface area (Å²) >= 11 is 0. The monoisotopic (exact) mass is 301 g/mol. The number of aromatic nitrogens is 2. The molecule has 4 rings (SSSR count). The molecule has 0 aromatic carbocycles. The second-order valence-electron chi connectivity index (χ2n) is 7.01. The summed E-state index contributed by atoms with van der Waals surface area (Å²) in [7, 11) is 2.21. The van der Waals surface area contributed by atoms with Gasteiger partial charge in [-0.05, 0) is 30.5 Å². The van der Waals surface area contributed by atoms with Gasteiger partial charge in [0.25, 0.3) is 0 Å². The number of rotatable bonds is 1. The van der Waals surface area contributed by atoms with Crippen LogP contribution in [0.15, 0.2) is 6.07 Å². The number of hydrogen-bond acceptors (Lipinski definition) is 5. The summed E-state index contributed by atoms with van der Waals surface area (Å²) in [5.41, 5.74) is 2.22. The van der Waals surface area contributed by atoms with Gasteiger partial charge in [-0.15, -0.1) is 5.10 Å². The fraction of sp³-hybridized carbons (Fsp3) is 0.688. The summed E-state index contributed by atoms with van der Waals surface area (Å²) in [5, 5.41) is 8.88. The van der Waals surface area contributed by atoms with E-state index in [1.165, 1.54) is 18.7 Å². The van der Waals surface area contributed by atoms with E-state index in [1.807, 2.05) is 4.90 Å². The zero-order valence-electron chi connectivity index (χ0n) is 13.3. The Kier molecular flexibility index (Phi) is 3.29. The zero-order valence-corrected chi connectivity index (χ0v) is 13.3. The summed E-state index contributed by atoms with van der Waals surface area (Å²) in [6.45, 7) is 7.62. The molecule has 0 bridgehead atoms. The average Bonchev–Trinajstić information content (AvgIpc) is 3.03. The van der Waals surface area contributed by atoms with Crippen molar-refractivity contribution in [2.75, 3.05) is 44.7 Å². The van der Waals surface area contributed by atoms with E-state index in [0.29, 0.717) is 6.54 Å². The van der Waals surface area contributed by atoms with E-state index in [-0.39, 0.29) is 5.91 Å². The molecule has 0 saturated carbocycles. The Morgan fingerprint density at radius 2 is 1.91 bits per heavy atom. The van der Waals surface area contributed by atoms with Crippen molar-refractivity contribution in [2.45, 2.75) is 19.9 Å². The molecule has 6 heteroatoms. The highest BCUT2D eigenvalue weighted by Gasteiger charge is 2.39. The number of likely N-dealkylation sites (tertiary alicyclic amines) is 1. The summed E-state index contributed by atoms with van der Waals surface area (Å²) in [6, 6.07) is 2.15. The van der Waals surface area contributed by atoms with E-state index < -0.39 is 0 Å². The second kappa shape index (κ2) is 5.19. The molecule has 2 atom stereocenters. The van der Waals surface area contributed by atoms with Gasteiger partial charge in [0.1, 0.15) is 0 Å². The van der Waals surface area contributed by atoms with Crippen molar-refractivity contribution in [1.82, 2.24) is 20.0 Å². The standard InChI is InChI=1S/C16H23N5O/c1-11(22)20-4-3-15-12(8-20)5-16(18-17-15)21-9-13-6-19(2)7-14(13)10-21/h5,13-14H,3-4,6-10H2,1-2H3/t13-,14+. The molecule has 0 radical (unpaired) electrons. The molecule has 1 aromatic rings. The molecule has 2 saturated heterocycles. The lowest BCUT2D eigenvalue weighted by Crippen LogP contribution is -2.35. The number of amides is 1. The number of anilines is 1. The highest BCUT2D eigenvalue weighted by Crippen LogP contribution is 2.33. The highest BCUT2D eigenvalue weighted by atomic mass is 16.2. The third kappa shape index (κ3) is 2.35. The van der Waals surface area contributed by atoms with E-state index in [1.54, 1.807) is 6.92 Å². The van der Waals surface area contributed by atoms with Crippen LogP contribution in [-0.4, -0.2) is 65.7 Å². The maximum absolute atomic E-state index is 11.6. The normalized spacial score (nSPS) is 27.9. The van der Waals surface area contributed by atoms with Crippen LogP contribution in [0.5, 0.6) is 0 Å². The van der Waals surface area contributed by atoms with Crippen molar-refractivity contribution >= 4 is 11.7 Å². The number of nitrogens with zero attached hydrogens (tertiary/aromatic N) is 5. The van der Waals surface area contributed by atoms with Gasteiger partial charge >= 0.3 is 0 Å². The third-order valence-electron chi connectivity index (χ3n) is 5.37. The van der Waals surface area contributed by atoms with Gasteiger partial charge in [0.05, 0.1) is 5.69 Å². The topological polar surface area (TPSA) is 52.6 Å². The Labute approximate surface area is 131 Å². The van der Waals surface area contributed by atoms with Crippen molar-refractivity contribution in [3.05, 3.63) is 17.3 Å². The SMILES string of the molecule is CC(=O)N1CCc2nnc(N3C[C@H]4CN(C)C[C@H]4C3)cc2C1. The lowest BCUT2D eigenvalue weighted by molar-refractivity contribution is -0.129. The molecule has 1 amide bonds. The fourth-order valence-electron chi connectivity index (χ4n) is 4.15. The van der Waals surface area contributed by atoms with E-state index in [0.717, 1.165) is 49.4 Å². The number of carbonyl (C=O) groups excluding carboxylic acids is 1. The molecule has 4 heterocycles. The van der Waals surface area contributed by atoms with E-state index in [9.17, 15) is 4.79 Å². The molecule has 3 aliphatic heterocycles. The molecule has 118 valence electrons. The van der Waals surface area contributed by atoms with Crippen molar-refractivity contribution in [1.29, 1.82) is 0 Å². The predicted octanol–water partition coefficient (Wildman–Crippen LogP) is 0.379. The van der Waals surface area contributed by atoms with Crippen LogP contribution in [0.4, 0.5) is 5.82 Å². The first-order valence-electron chi connectivity index (χ1n) is 8.14. The first-order valence-corrected chi connectivity index (χ1v) is 8.14. The quantitative estimate of drug-likeness (QED) is 0.750. The Hall–Kier alpha value is -1.69. The van der Waals surface area contributed by atoms with Crippen LogP contribution in [0.25, 0.3) is 0 Å². The summed E-state index contributed by atoms with van der Waals surface area (Å²) < 4.78 is 0. The maximum Gasteiger partial charge on any atom is 0.219 e. The lowest BCUT2D eigenvalue weighted by atomic mass is 10.0. The molecule has 2 fully saturated rings. The van der Waals surface area contributed by atoms with Gasteiger partial charge in [0.2, 0.25) is 5.91 Å². The summed E-state index contributed by atoms with van der Waals surface area (Å²) in [4.78, 5) is 18.3. The molecule has 0 aliphatic carbocycles. The zero-order chi connectivity index (χ0) is 15.3. The van der Waals surface area contributed by atoms with E-state index in [4.69, 9.17) is 0 Å². The molecule has 22 heavy (non-hydrogen) atoms. The van der Waals surface area contributed by atoms with Crippen LogP contribution >= 0.6 is 0 Å². The number of hydrogen-bond donors (Lipinski definition) is 0. The van der Waals surface area contributed by atoms with Crippen LogP contribution < -0.4 is 4.90 Å². The smallest absolute Gasteiger partial charge is 0.219 e. The van der Waals surface area contributed by atoms with Gasteiger partial charge in [0.15, 0.2) is 5.82 Å². The second-order valence-corrected chi connectivity index (χ2v) is 7.01. The van der Waals surface area contributed by atoms with Crippen LogP contribution in [0.2, 0.25) is 0 Å². The van der Waals surface area contributed by atoms with Gasteiger partial charge in [0, 0.05) is 52.6 Å². The first kappa shape index (κ1) is 13.9. The number of fused-ring (bicyclic) bond motifs is 2. The van der Waals surface area contributed by atoms with Gasteiger partial charge < -0.3 is 14.7 Å². The minimum absolute atomic E-state index is 0.141. The molecule has 3 aliphatic rings. The molecular formula is C16H23N5O. The van der Waals surface area contributed by atoms with Gasteiger partial charge in [-0.25, -0.2) is 0 Å². The van der Waals surface area contributed by atoms with Gasteiger partial charge in [-0.2, -0.15) is 5.10 Å². The van der Waals surface area contributed by atoms with Gasteiger partial charge in [-0.1, -0.05) is 0 Å². The molecular weight excluding hydrogens is 278 g/mol. The Morgan fingerprint density at radius 1 is 1.18 bits per heavy atom. The van der Waals surface area contributed by atoms with Crippen LogP contribution in [0.1, 0.15) is 18.2 Å². The average molecular weight is 301 g/mol. The molecule has 0 unspecified atom stereocenters. The molecule has 0 N–H and O–H groups in total. The minimum atomic E-state index is 0.141. The summed E-state index contributed by atoms with van der Waals surface area (Å²) in [5.74, 6) is 2.65. The van der Waals surface area contributed by atoms with Crippen molar-refractivity contribution in [3.63, 3.8) is 0 Å². The Morgan fingerprint density at radius 3 is 2.59 bits per heavy atom. The third-order valence-corrected chi connectivity index (χ3v) is 5.37. The Balaban J connectivity index is 1.53. The van der Waals surface area contributed by atoms with Crippen molar-refractivity contribution in [3.8, 4) is 0 Å². The summed E-state index contributed by atoms with van der Waals surface area (Å²) in [6.07, 6.45) is 0.818. The van der Waals surface area contributed by atoms with Crippen LogP contribution in [0.3, 0.4) is 0 Å². The molecule has 0 spiro atoms. The number of carbonyl (C=O) groups is 1. The van der Waals surface area contributed by atoms with Gasteiger partial charge in [-0.3, -0.25) is 4.79 Å². The predicted molar refractivity (Wildman–Crippen MR) is 83.5 cm³/mol. The highest BCUT2D eigenvalue weighted by molar-refractivity contribution is 5.73. The van der Waals surface area contributed by atoms with Crippen molar-refractivity contribution < 1.29 is 4.79 Å². The van der Waals surface area contributed by atoms with Crippen LogP contribution in [0, 0.1) is 11.8 Å². The lowest BCUT2D eigenvalue weighted by Gasteiger charge is -2.28. The largest absolute Gasteiger partial charge is 0.354 e. The molecule has 6 nitrogen and oxygen atoms in total. The van der Waals surface area contributed by atoms with E-state index >= 15 is 0 Å². The van der Waals surface area contributed by atoms with E-state index in [2.05, 4.69) is 33.1 Å². The Bertz CT molecular complexity index is 590. The fourth-order valence-corrected chi connectivity index (χ4v) is 4.15.